The van der Waals surface area contributed by atoms with Gasteiger partial charge in [0.15, 0.2) is 6.61 Å². The van der Waals surface area contributed by atoms with Gasteiger partial charge in [-0.1, -0.05) is 19.1 Å². The molecular weight excluding hydrogens is 268 g/mol. The standard InChI is InChI=1S/C16H24N2O3/c1-5-9-18-16(19)11-21-15-10-13(20-4)7-8-14(15)12(3)17-6-2/h5,7-8,10,12,17H,1,6,9,11H2,2-4H3,(H,18,19). The first-order valence-electron chi connectivity index (χ1n) is 7.04. The Morgan fingerprint density at radius 1 is 1.48 bits per heavy atom. The molecule has 0 aliphatic rings. The smallest absolute Gasteiger partial charge is 0.258 e. The quantitative estimate of drug-likeness (QED) is 0.684. The van der Waals surface area contributed by atoms with Crippen LogP contribution in [-0.2, 0) is 4.79 Å². The highest BCUT2D eigenvalue weighted by molar-refractivity contribution is 5.77. The summed E-state index contributed by atoms with van der Waals surface area (Å²) in [4.78, 5) is 11.6. The number of carbonyl (C=O) groups is 1. The van der Waals surface area contributed by atoms with Crippen molar-refractivity contribution in [1.82, 2.24) is 10.6 Å². The average Bonchev–Trinajstić information content (AvgIpc) is 2.50. The van der Waals surface area contributed by atoms with Crippen LogP contribution in [0.3, 0.4) is 0 Å². The Morgan fingerprint density at radius 3 is 2.86 bits per heavy atom. The Hall–Kier alpha value is -2.01. The molecule has 21 heavy (non-hydrogen) atoms. The van der Waals surface area contributed by atoms with Crippen LogP contribution in [-0.4, -0.2) is 32.7 Å². The fraction of sp³-hybridized carbons (Fsp3) is 0.438. The number of carbonyl (C=O) groups excluding carboxylic acids is 1. The summed E-state index contributed by atoms with van der Waals surface area (Å²) >= 11 is 0. The molecule has 0 aromatic heterocycles. The highest BCUT2D eigenvalue weighted by Crippen LogP contribution is 2.29. The van der Waals surface area contributed by atoms with E-state index in [1.165, 1.54) is 0 Å². The molecule has 0 radical (unpaired) electrons. The van der Waals surface area contributed by atoms with Crippen LogP contribution in [0.1, 0.15) is 25.5 Å². The van der Waals surface area contributed by atoms with Crippen molar-refractivity contribution in [2.75, 3.05) is 26.8 Å². The number of rotatable bonds is 9. The zero-order valence-electron chi connectivity index (χ0n) is 12.9. The molecular formula is C16H24N2O3. The lowest BCUT2D eigenvalue weighted by Gasteiger charge is -2.18. The van der Waals surface area contributed by atoms with Gasteiger partial charge in [-0.3, -0.25) is 4.79 Å². The number of ether oxygens (including phenoxy) is 2. The minimum Gasteiger partial charge on any atom is -0.497 e. The molecule has 1 aromatic rings. The minimum absolute atomic E-state index is 0.0349. The summed E-state index contributed by atoms with van der Waals surface area (Å²) in [5, 5.41) is 6.00. The third-order valence-electron chi connectivity index (χ3n) is 3.00. The van der Waals surface area contributed by atoms with E-state index in [4.69, 9.17) is 9.47 Å². The van der Waals surface area contributed by atoms with Gasteiger partial charge >= 0.3 is 0 Å². The lowest BCUT2D eigenvalue weighted by atomic mass is 10.1. The van der Waals surface area contributed by atoms with Crippen LogP contribution in [0, 0.1) is 0 Å². The van der Waals surface area contributed by atoms with Crippen molar-refractivity contribution >= 4 is 5.91 Å². The van der Waals surface area contributed by atoms with E-state index in [-0.39, 0.29) is 18.6 Å². The van der Waals surface area contributed by atoms with E-state index < -0.39 is 0 Å². The molecule has 1 rings (SSSR count). The third-order valence-corrected chi connectivity index (χ3v) is 3.00. The van der Waals surface area contributed by atoms with Crippen molar-refractivity contribution in [3.8, 4) is 11.5 Å². The lowest BCUT2D eigenvalue weighted by Crippen LogP contribution is -2.29. The van der Waals surface area contributed by atoms with Crippen LogP contribution in [0.2, 0.25) is 0 Å². The molecule has 0 aliphatic carbocycles. The maximum Gasteiger partial charge on any atom is 0.258 e. The molecule has 5 nitrogen and oxygen atoms in total. The molecule has 0 aliphatic heterocycles. The monoisotopic (exact) mass is 292 g/mol. The van der Waals surface area contributed by atoms with Gasteiger partial charge in [0.05, 0.1) is 7.11 Å². The Kier molecular flexibility index (Phi) is 7.32. The molecule has 0 fully saturated rings. The van der Waals surface area contributed by atoms with Crippen LogP contribution in [0.5, 0.6) is 11.5 Å². The normalized spacial score (nSPS) is 11.6. The highest BCUT2D eigenvalue weighted by atomic mass is 16.5. The van der Waals surface area contributed by atoms with Crippen LogP contribution in [0.4, 0.5) is 0 Å². The molecule has 0 saturated carbocycles. The summed E-state index contributed by atoms with van der Waals surface area (Å²) < 4.78 is 10.8. The molecule has 2 N–H and O–H groups in total. The molecule has 0 heterocycles. The lowest BCUT2D eigenvalue weighted by molar-refractivity contribution is -0.122. The number of hydrogen-bond acceptors (Lipinski definition) is 4. The van der Waals surface area contributed by atoms with Crippen LogP contribution < -0.4 is 20.1 Å². The van der Waals surface area contributed by atoms with Gasteiger partial charge in [-0.15, -0.1) is 6.58 Å². The largest absolute Gasteiger partial charge is 0.497 e. The van der Waals surface area contributed by atoms with Crippen molar-refractivity contribution in [3.63, 3.8) is 0 Å². The molecule has 5 heteroatoms. The van der Waals surface area contributed by atoms with E-state index in [1.807, 2.05) is 19.1 Å². The average molecular weight is 292 g/mol. The summed E-state index contributed by atoms with van der Waals surface area (Å²) in [6.45, 7) is 8.90. The molecule has 0 saturated heterocycles. The molecule has 116 valence electrons. The zero-order valence-corrected chi connectivity index (χ0v) is 12.9. The second-order valence-electron chi connectivity index (χ2n) is 4.56. The van der Waals surface area contributed by atoms with Crippen LogP contribution >= 0.6 is 0 Å². The molecule has 0 spiro atoms. The van der Waals surface area contributed by atoms with E-state index >= 15 is 0 Å². The molecule has 1 aromatic carbocycles. The fourth-order valence-electron chi connectivity index (χ4n) is 1.92. The second-order valence-corrected chi connectivity index (χ2v) is 4.56. The summed E-state index contributed by atoms with van der Waals surface area (Å²) in [6.07, 6.45) is 1.63. The van der Waals surface area contributed by atoms with Gasteiger partial charge in [0.2, 0.25) is 0 Å². The molecule has 1 atom stereocenters. The third kappa shape index (κ3) is 5.47. The fourth-order valence-corrected chi connectivity index (χ4v) is 1.92. The maximum absolute atomic E-state index is 11.6. The number of benzene rings is 1. The predicted octanol–water partition coefficient (Wildman–Crippen LogP) is 2.05. The Bertz CT molecular complexity index is 475. The summed E-state index contributed by atoms with van der Waals surface area (Å²) in [5.41, 5.74) is 0.995. The summed E-state index contributed by atoms with van der Waals surface area (Å²) in [6, 6.07) is 5.76. The molecule has 0 bridgehead atoms. The Balaban J connectivity index is 2.81. The van der Waals surface area contributed by atoms with E-state index in [9.17, 15) is 4.79 Å². The summed E-state index contributed by atoms with van der Waals surface area (Å²) in [5.74, 6) is 1.17. The number of hydrogen-bond donors (Lipinski definition) is 2. The van der Waals surface area contributed by atoms with Crippen molar-refractivity contribution in [3.05, 3.63) is 36.4 Å². The van der Waals surface area contributed by atoms with E-state index in [2.05, 4.69) is 24.1 Å². The first kappa shape index (κ1) is 17.0. The first-order chi connectivity index (χ1) is 10.1. The Morgan fingerprint density at radius 2 is 2.24 bits per heavy atom. The van der Waals surface area contributed by atoms with E-state index in [0.29, 0.717) is 18.0 Å². The molecule has 1 amide bonds. The predicted molar refractivity (Wildman–Crippen MR) is 83.8 cm³/mol. The first-order valence-corrected chi connectivity index (χ1v) is 7.04. The number of methoxy groups -OCH3 is 1. The second kappa shape index (κ2) is 9.02. The van der Waals surface area contributed by atoms with E-state index in [0.717, 1.165) is 12.1 Å². The van der Waals surface area contributed by atoms with Gasteiger partial charge in [-0.25, -0.2) is 0 Å². The number of amides is 1. The zero-order chi connectivity index (χ0) is 15.7. The van der Waals surface area contributed by atoms with Gasteiger partial charge in [-0.05, 0) is 19.5 Å². The van der Waals surface area contributed by atoms with Crippen molar-refractivity contribution < 1.29 is 14.3 Å². The SMILES string of the molecule is C=CCNC(=O)COc1cc(OC)ccc1C(C)NCC. The van der Waals surface area contributed by atoms with Crippen LogP contribution in [0.15, 0.2) is 30.9 Å². The highest BCUT2D eigenvalue weighted by Gasteiger charge is 2.13. The summed E-state index contributed by atoms with van der Waals surface area (Å²) in [7, 11) is 1.60. The Labute approximate surface area is 126 Å². The maximum atomic E-state index is 11.6. The van der Waals surface area contributed by atoms with Crippen LogP contribution in [0.25, 0.3) is 0 Å². The van der Waals surface area contributed by atoms with Gasteiger partial charge < -0.3 is 20.1 Å². The van der Waals surface area contributed by atoms with E-state index in [1.54, 1.807) is 19.3 Å². The topological polar surface area (TPSA) is 59.6 Å². The minimum atomic E-state index is -0.181. The van der Waals surface area contributed by atoms with Gasteiger partial charge in [-0.2, -0.15) is 0 Å². The van der Waals surface area contributed by atoms with Crippen molar-refractivity contribution in [2.24, 2.45) is 0 Å². The van der Waals surface area contributed by atoms with Crippen molar-refractivity contribution in [1.29, 1.82) is 0 Å². The number of nitrogens with one attached hydrogen (secondary N) is 2. The van der Waals surface area contributed by atoms with Gasteiger partial charge in [0, 0.05) is 24.2 Å². The van der Waals surface area contributed by atoms with Gasteiger partial charge in [0.1, 0.15) is 11.5 Å². The van der Waals surface area contributed by atoms with Gasteiger partial charge in [0.25, 0.3) is 5.91 Å². The molecule has 1 unspecified atom stereocenters. The van der Waals surface area contributed by atoms with Crippen molar-refractivity contribution in [2.45, 2.75) is 19.9 Å².